The molecule has 0 saturated heterocycles. The van der Waals surface area contributed by atoms with Crippen molar-refractivity contribution in [3.05, 3.63) is 35.4 Å². The summed E-state index contributed by atoms with van der Waals surface area (Å²) in [7, 11) is 0. The summed E-state index contributed by atoms with van der Waals surface area (Å²) in [5.41, 5.74) is 0. The molecule has 0 atom stereocenters. The third kappa shape index (κ3) is 7.58. The molecule has 0 aliphatic carbocycles. The van der Waals surface area contributed by atoms with E-state index in [0.717, 1.165) is 5.02 Å². The number of hydrogen-bond donors (Lipinski definition) is 1. The largest absolute Gasteiger partial charge is 0.396 e. The van der Waals surface area contributed by atoms with E-state index in [1.165, 1.54) is 0 Å². The maximum absolute atomic E-state index is 8.14. The molecular formula is C10H15ClO. The van der Waals surface area contributed by atoms with Crippen LogP contribution in [0.15, 0.2) is 30.3 Å². The lowest BCUT2D eigenvalue weighted by atomic mass is 10.2. The topological polar surface area (TPSA) is 20.2 Å². The lowest BCUT2D eigenvalue weighted by Crippen LogP contribution is -1.90. The van der Waals surface area contributed by atoms with Gasteiger partial charge in [0.05, 0.1) is 0 Å². The minimum absolute atomic E-state index is 0.306. The Morgan fingerprint density at radius 3 is 1.83 bits per heavy atom. The molecule has 1 nitrogen and oxygen atoms in total. The first-order chi connectivity index (χ1) is 5.66. The molecule has 0 fully saturated rings. The second kappa shape index (κ2) is 7.14. The first-order valence-corrected chi connectivity index (χ1v) is 4.36. The van der Waals surface area contributed by atoms with Crippen LogP contribution in [0.4, 0.5) is 0 Å². The molecule has 0 heterocycles. The normalized spacial score (nSPS) is 9.08. The van der Waals surface area contributed by atoms with Crippen molar-refractivity contribution >= 4 is 11.6 Å². The van der Waals surface area contributed by atoms with Gasteiger partial charge in [-0.1, -0.05) is 43.6 Å². The van der Waals surface area contributed by atoms with E-state index in [0.29, 0.717) is 12.5 Å². The summed E-state index contributed by atoms with van der Waals surface area (Å²) >= 11 is 5.54. The quantitative estimate of drug-likeness (QED) is 0.715. The molecule has 0 radical (unpaired) electrons. The number of halogens is 1. The van der Waals surface area contributed by atoms with Crippen molar-refractivity contribution in [3.63, 3.8) is 0 Å². The Kier molecular flexibility index (Phi) is 6.82. The van der Waals surface area contributed by atoms with Gasteiger partial charge in [-0.15, -0.1) is 0 Å². The minimum atomic E-state index is 0.306. The summed E-state index contributed by atoms with van der Waals surface area (Å²) < 4.78 is 0. The maximum Gasteiger partial charge on any atom is 0.0453 e. The zero-order valence-corrected chi connectivity index (χ0v) is 8.25. The average molecular weight is 187 g/mol. The van der Waals surface area contributed by atoms with Crippen molar-refractivity contribution < 1.29 is 5.11 Å². The molecule has 0 saturated carbocycles. The van der Waals surface area contributed by atoms with Crippen molar-refractivity contribution in [3.8, 4) is 0 Å². The van der Waals surface area contributed by atoms with Crippen LogP contribution >= 0.6 is 11.6 Å². The number of hydrogen-bond acceptors (Lipinski definition) is 1. The van der Waals surface area contributed by atoms with Crippen LogP contribution in [0, 0.1) is 5.92 Å². The molecule has 12 heavy (non-hydrogen) atoms. The second-order valence-corrected chi connectivity index (χ2v) is 3.31. The third-order valence-electron chi connectivity index (χ3n) is 1.10. The maximum atomic E-state index is 8.14. The summed E-state index contributed by atoms with van der Waals surface area (Å²) in [4.78, 5) is 0. The Hall–Kier alpha value is -0.530. The number of benzene rings is 1. The van der Waals surface area contributed by atoms with E-state index < -0.39 is 0 Å². The van der Waals surface area contributed by atoms with Crippen molar-refractivity contribution in [1.29, 1.82) is 0 Å². The summed E-state index contributed by atoms with van der Waals surface area (Å²) in [6.07, 6.45) is 0. The van der Waals surface area contributed by atoms with Crippen LogP contribution in [-0.2, 0) is 0 Å². The van der Waals surface area contributed by atoms with Crippen LogP contribution in [0.3, 0.4) is 0 Å². The first-order valence-electron chi connectivity index (χ1n) is 3.98. The Morgan fingerprint density at radius 2 is 1.67 bits per heavy atom. The molecule has 0 bridgehead atoms. The fraction of sp³-hybridized carbons (Fsp3) is 0.400. The van der Waals surface area contributed by atoms with Gasteiger partial charge in [-0.3, -0.25) is 0 Å². The monoisotopic (exact) mass is 186 g/mol. The molecule has 0 aromatic heterocycles. The molecule has 1 aromatic rings. The van der Waals surface area contributed by atoms with Gasteiger partial charge < -0.3 is 5.11 Å². The molecule has 0 unspecified atom stereocenters. The van der Waals surface area contributed by atoms with Gasteiger partial charge in [-0.05, 0) is 18.1 Å². The molecule has 0 aliphatic heterocycles. The second-order valence-electron chi connectivity index (χ2n) is 2.87. The lowest BCUT2D eigenvalue weighted by molar-refractivity contribution is 0.248. The van der Waals surface area contributed by atoms with Crippen LogP contribution in [0.5, 0.6) is 0 Å². The van der Waals surface area contributed by atoms with Crippen LogP contribution in [-0.4, -0.2) is 11.7 Å². The summed E-state index contributed by atoms with van der Waals surface area (Å²) in [6.45, 7) is 4.25. The van der Waals surface area contributed by atoms with Crippen LogP contribution < -0.4 is 0 Å². The highest BCUT2D eigenvalue weighted by molar-refractivity contribution is 6.30. The SMILES string of the molecule is CC(C)CO.Clc1ccccc1. The highest BCUT2D eigenvalue weighted by Crippen LogP contribution is 2.03. The van der Waals surface area contributed by atoms with Gasteiger partial charge in [0.1, 0.15) is 0 Å². The van der Waals surface area contributed by atoms with Gasteiger partial charge in [0.2, 0.25) is 0 Å². The zero-order valence-electron chi connectivity index (χ0n) is 7.50. The Labute approximate surface area is 79.0 Å². The number of aliphatic hydroxyl groups excluding tert-OH is 1. The molecule has 0 spiro atoms. The van der Waals surface area contributed by atoms with Gasteiger partial charge in [0.25, 0.3) is 0 Å². The van der Waals surface area contributed by atoms with Gasteiger partial charge in [-0.2, -0.15) is 0 Å². The van der Waals surface area contributed by atoms with E-state index >= 15 is 0 Å². The third-order valence-corrected chi connectivity index (χ3v) is 1.35. The first kappa shape index (κ1) is 11.5. The summed E-state index contributed by atoms with van der Waals surface area (Å²) in [5.74, 6) is 0.440. The fourth-order valence-corrected chi connectivity index (χ4v) is 0.560. The Bertz CT molecular complexity index is 184. The molecule has 0 amide bonds. The van der Waals surface area contributed by atoms with Crippen molar-refractivity contribution in [2.75, 3.05) is 6.61 Å². The summed E-state index contributed by atoms with van der Waals surface area (Å²) in [6, 6.07) is 9.44. The predicted octanol–water partition coefficient (Wildman–Crippen LogP) is 2.97. The van der Waals surface area contributed by atoms with E-state index in [9.17, 15) is 0 Å². The van der Waals surface area contributed by atoms with Gasteiger partial charge in [0.15, 0.2) is 0 Å². The zero-order chi connectivity index (χ0) is 9.40. The molecule has 1 aromatic carbocycles. The van der Waals surface area contributed by atoms with E-state index in [2.05, 4.69) is 0 Å². The van der Waals surface area contributed by atoms with E-state index in [4.69, 9.17) is 16.7 Å². The smallest absolute Gasteiger partial charge is 0.0453 e. The number of rotatable bonds is 1. The van der Waals surface area contributed by atoms with Gasteiger partial charge in [0, 0.05) is 11.6 Å². The Balaban J connectivity index is 0.000000217. The average Bonchev–Trinajstić information content (AvgIpc) is 2.07. The van der Waals surface area contributed by atoms with Crippen molar-refractivity contribution in [1.82, 2.24) is 0 Å². The lowest BCUT2D eigenvalue weighted by Gasteiger charge is -1.90. The molecule has 1 rings (SSSR count). The van der Waals surface area contributed by atoms with Crippen LogP contribution in [0.2, 0.25) is 5.02 Å². The van der Waals surface area contributed by atoms with Gasteiger partial charge >= 0.3 is 0 Å². The molecule has 1 N–H and O–H groups in total. The fourth-order valence-electron chi connectivity index (χ4n) is 0.415. The molecular weight excluding hydrogens is 172 g/mol. The van der Waals surface area contributed by atoms with E-state index in [1.54, 1.807) is 0 Å². The van der Waals surface area contributed by atoms with E-state index in [1.807, 2.05) is 44.2 Å². The minimum Gasteiger partial charge on any atom is -0.396 e. The standard InChI is InChI=1S/C6H5Cl.C4H10O/c7-6-4-2-1-3-5-6;1-4(2)3-5/h1-5H;4-5H,3H2,1-2H3. The molecule has 0 aliphatic rings. The predicted molar refractivity (Wildman–Crippen MR) is 53.4 cm³/mol. The van der Waals surface area contributed by atoms with E-state index in [-0.39, 0.29) is 0 Å². The van der Waals surface area contributed by atoms with Crippen LogP contribution in [0.25, 0.3) is 0 Å². The summed E-state index contributed by atoms with van der Waals surface area (Å²) in [5, 5.41) is 8.94. The highest BCUT2D eigenvalue weighted by atomic mass is 35.5. The van der Waals surface area contributed by atoms with Crippen LogP contribution in [0.1, 0.15) is 13.8 Å². The highest BCUT2D eigenvalue weighted by Gasteiger charge is 1.81. The Morgan fingerprint density at radius 1 is 1.25 bits per heavy atom. The molecule has 2 heteroatoms. The van der Waals surface area contributed by atoms with Crippen molar-refractivity contribution in [2.45, 2.75) is 13.8 Å². The van der Waals surface area contributed by atoms with Gasteiger partial charge in [-0.25, -0.2) is 0 Å². The molecule has 68 valence electrons. The van der Waals surface area contributed by atoms with Crippen molar-refractivity contribution in [2.24, 2.45) is 5.92 Å². The number of aliphatic hydroxyl groups is 1.